The van der Waals surface area contributed by atoms with E-state index < -0.39 is 0 Å². The highest BCUT2D eigenvalue weighted by Crippen LogP contribution is 2.68. The fraction of sp³-hybridized carbons (Fsp3) is 0.750. The first kappa shape index (κ1) is 12.8. The molecular weight excluding hydrogens is 320 g/mol. The van der Waals surface area contributed by atoms with E-state index in [0.29, 0.717) is 5.41 Å². The molecule has 1 aromatic heterocycles. The molecule has 1 N–H and O–H groups in total. The molecule has 0 aromatic carbocycles. The van der Waals surface area contributed by atoms with Crippen molar-refractivity contribution in [3.8, 4) is 0 Å². The van der Waals surface area contributed by atoms with Crippen LogP contribution < -0.4 is 0 Å². The molecule has 3 heteroatoms. The highest BCUT2D eigenvalue weighted by molar-refractivity contribution is 9.10. The third kappa shape index (κ3) is 1.88. The number of aliphatic hydroxyl groups excluding tert-OH is 1. The summed E-state index contributed by atoms with van der Waals surface area (Å²) in [5.41, 5.74) is 1.81. The van der Waals surface area contributed by atoms with Gasteiger partial charge < -0.3 is 5.11 Å². The Balaban J connectivity index is 1.72. The highest BCUT2D eigenvalue weighted by atomic mass is 79.9. The van der Waals surface area contributed by atoms with Crippen LogP contribution in [0.1, 0.15) is 57.1 Å². The van der Waals surface area contributed by atoms with Crippen LogP contribution in [0.3, 0.4) is 0 Å². The molecule has 4 fully saturated rings. The molecule has 4 aliphatic rings. The highest BCUT2D eigenvalue weighted by Gasteiger charge is 2.58. The fourth-order valence-electron chi connectivity index (χ4n) is 5.93. The van der Waals surface area contributed by atoms with Crippen molar-refractivity contribution in [2.75, 3.05) is 0 Å². The molecule has 4 saturated carbocycles. The zero-order chi connectivity index (χ0) is 13.3. The standard InChI is InChI=1S/C16H21BrOS/c1-15-3-10-2-11(4-15)6-16(5-10,9-15)14(18)12-7-19-8-13(12)17/h7-8,10-11,14,18H,2-6,9H2,1H3. The lowest BCUT2D eigenvalue weighted by Crippen LogP contribution is -2.53. The summed E-state index contributed by atoms with van der Waals surface area (Å²) < 4.78 is 1.10. The molecule has 3 unspecified atom stereocenters. The Bertz CT molecular complexity index is 495. The lowest BCUT2D eigenvalue weighted by atomic mass is 9.43. The summed E-state index contributed by atoms with van der Waals surface area (Å²) in [4.78, 5) is 0. The van der Waals surface area contributed by atoms with E-state index in [-0.39, 0.29) is 11.5 Å². The first-order valence-electron chi connectivity index (χ1n) is 7.39. The van der Waals surface area contributed by atoms with Crippen LogP contribution in [0, 0.1) is 22.7 Å². The van der Waals surface area contributed by atoms with Crippen LogP contribution in [0.4, 0.5) is 0 Å². The van der Waals surface area contributed by atoms with Crippen molar-refractivity contribution in [2.24, 2.45) is 22.7 Å². The van der Waals surface area contributed by atoms with Gasteiger partial charge in [0.05, 0.1) is 6.10 Å². The van der Waals surface area contributed by atoms with Crippen LogP contribution >= 0.6 is 27.3 Å². The smallest absolute Gasteiger partial charge is 0.0865 e. The van der Waals surface area contributed by atoms with E-state index in [1.165, 1.54) is 38.5 Å². The number of hydrogen-bond donors (Lipinski definition) is 1. The van der Waals surface area contributed by atoms with Gasteiger partial charge in [-0.05, 0) is 77.1 Å². The molecule has 0 saturated heterocycles. The summed E-state index contributed by atoms with van der Waals surface area (Å²) in [6.45, 7) is 2.47. The average molecular weight is 341 g/mol. The monoisotopic (exact) mass is 340 g/mol. The lowest BCUT2D eigenvalue weighted by molar-refractivity contribution is -0.155. The second-order valence-electron chi connectivity index (χ2n) is 7.71. The normalized spacial score (nSPS) is 45.6. The Hall–Kier alpha value is 0.140. The minimum absolute atomic E-state index is 0.169. The third-order valence-electron chi connectivity index (χ3n) is 5.92. The molecule has 5 rings (SSSR count). The predicted molar refractivity (Wildman–Crippen MR) is 82.2 cm³/mol. The topological polar surface area (TPSA) is 20.2 Å². The maximum absolute atomic E-state index is 11.0. The number of thiophene rings is 1. The number of hydrogen-bond acceptors (Lipinski definition) is 2. The van der Waals surface area contributed by atoms with E-state index in [9.17, 15) is 5.11 Å². The maximum Gasteiger partial charge on any atom is 0.0865 e. The molecule has 0 amide bonds. The zero-order valence-electron chi connectivity index (χ0n) is 11.4. The maximum atomic E-state index is 11.0. The first-order chi connectivity index (χ1) is 9.00. The summed E-state index contributed by atoms with van der Waals surface area (Å²) in [5, 5.41) is 15.3. The molecule has 104 valence electrons. The fourth-order valence-corrected chi connectivity index (χ4v) is 7.47. The van der Waals surface area contributed by atoms with Crippen molar-refractivity contribution in [2.45, 2.75) is 51.6 Å². The van der Waals surface area contributed by atoms with Gasteiger partial charge in [-0.1, -0.05) is 6.92 Å². The van der Waals surface area contributed by atoms with Crippen LogP contribution in [0.5, 0.6) is 0 Å². The number of halogens is 1. The Morgan fingerprint density at radius 2 is 1.95 bits per heavy atom. The molecule has 0 aliphatic heterocycles. The minimum atomic E-state index is -0.265. The summed E-state index contributed by atoms with van der Waals surface area (Å²) in [6, 6.07) is 0. The van der Waals surface area contributed by atoms with Crippen molar-refractivity contribution in [3.63, 3.8) is 0 Å². The van der Waals surface area contributed by atoms with Crippen LogP contribution in [0.15, 0.2) is 15.2 Å². The largest absolute Gasteiger partial charge is 0.388 e. The minimum Gasteiger partial charge on any atom is -0.388 e. The van der Waals surface area contributed by atoms with E-state index in [4.69, 9.17) is 0 Å². The molecule has 3 atom stereocenters. The van der Waals surface area contributed by atoms with Gasteiger partial charge in [0.2, 0.25) is 0 Å². The summed E-state index contributed by atoms with van der Waals surface area (Å²) in [7, 11) is 0. The van der Waals surface area contributed by atoms with E-state index in [1.54, 1.807) is 11.3 Å². The van der Waals surface area contributed by atoms with Crippen molar-refractivity contribution in [1.29, 1.82) is 0 Å². The number of rotatable bonds is 2. The van der Waals surface area contributed by atoms with Gasteiger partial charge in [-0.15, -0.1) is 0 Å². The van der Waals surface area contributed by atoms with Crippen molar-refractivity contribution in [3.05, 3.63) is 20.8 Å². The van der Waals surface area contributed by atoms with Gasteiger partial charge in [0.1, 0.15) is 0 Å². The molecule has 1 aromatic rings. The van der Waals surface area contributed by atoms with Gasteiger partial charge in [0.15, 0.2) is 0 Å². The molecule has 4 bridgehead atoms. The van der Waals surface area contributed by atoms with Crippen molar-refractivity contribution >= 4 is 27.3 Å². The van der Waals surface area contributed by atoms with Gasteiger partial charge in [0.25, 0.3) is 0 Å². The van der Waals surface area contributed by atoms with E-state index in [2.05, 4.69) is 33.6 Å². The molecule has 1 heterocycles. The Labute approximate surface area is 127 Å². The van der Waals surface area contributed by atoms with Crippen LogP contribution in [-0.4, -0.2) is 5.11 Å². The van der Waals surface area contributed by atoms with E-state index >= 15 is 0 Å². The van der Waals surface area contributed by atoms with Crippen LogP contribution in [0.2, 0.25) is 0 Å². The van der Waals surface area contributed by atoms with Gasteiger partial charge in [-0.3, -0.25) is 0 Å². The molecule has 4 aliphatic carbocycles. The number of aliphatic hydroxyl groups is 1. The third-order valence-corrected chi connectivity index (χ3v) is 7.67. The van der Waals surface area contributed by atoms with E-state index in [1.807, 2.05) is 0 Å². The Morgan fingerprint density at radius 3 is 2.47 bits per heavy atom. The Morgan fingerprint density at radius 1 is 1.26 bits per heavy atom. The average Bonchev–Trinajstić information content (AvgIpc) is 2.71. The second-order valence-corrected chi connectivity index (χ2v) is 9.31. The van der Waals surface area contributed by atoms with Gasteiger partial charge in [-0.2, -0.15) is 11.3 Å². The second kappa shape index (κ2) is 4.08. The Kier molecular flexibility index (Phi) is 2.76. The summed E-state index contributed by atoms with van der Waals surface area (Å²) in [5.74, 6) is 1.75. The van der Waals surface area contributed by atoms with E-state index in [0.717, 1.165) is 21.9 Å². The summed E-state index contributed by atoms with van der Waals surface area (Å²) >= 11 is 5.30. The predicted octanol–water partition coefficient (Wildman–Crippen LogP) is 5.15. The quantitative estimate of drug-likeness (QED) is 0.789. The summed E-state index contributed by atoms with van der Waals surface area (Å²) in [6.07, 6.45) is 7.71. The van der Waals surface area contributed by atoms with Gasteiger partial charge in [0, 0.05) is 20.8 Å². The van der Waals surface area contributed by atoms with Gasteiger partial charge in [-0.25, -0.2) is 0 Å². The van der Waals surface area contributed by atoms with Crippen molar-refractivity contribution < 1.29 is 5.11 Å². The lowest BCUT2D eigenvalue weighted by Gasteiger charge is -2.62. The molecule has 1 nitrogen and oxygen atoms in total. The molecule has 19 heavy (non-hydrogen) atoms. The van der Waals surface area contributed by atoms with Crippen LogP contribution in [-0.2, 0) is 0 Å². The molecular formula is C16H21BrOS. The first-order valence-corrected chi connectivity index (χ1v) is 9.13. The SMILES string of the molecule is CC12CC3CC(C1)CC(C(O)c1cscc1Br)(C3)C2. The van der Waals surface area contributed by atoms with Gasteiger partial charge >= 0.3 is 0 Å². The van der Waals surface area contributed by atoms with Crippen LogP contribution in [0.25, 0.3) is 0 Å². The van der Waals surface area contributed by atoms with Crippen molar-refractivity contribution in [1.82, 2.24) is 0 Å². The molecule has 0 spiro atoms. The zero-order valence-corrected chi connectivity index (χ0v) is 13.8. The molecule has 0 radical (unpaired) electrons.